The summed E-state index contributed by atoms with van der Waals surface area (Å²) in [4.78, 5) is 43.2. The normalized spacial score (nSPS) is 18.1. The number of ether oxygens (including phenoxy) is 3. The number of aliphatic hydroxyl groups excluding tert-OH is 1. The minimum Gasteiger partial charge on any atom is -0.506 e. The molecule has 0 aliphatic carbocycles. The molecule has 1 aromatic heterocycles. The largest absolute Gasteiger partial charge is 0.506 e. The van der Waals surface area contributed by atoms with Crippen molar-refractivity contribution in [1.82, 2.24) is 20.5 Å². The van der Waals surface area contributed by atoms with Crippen LogP contribution in [0.2, 0.25) is 0 Å². The lowest BCUT2D eigenvalue weighted by atomic mass is 9.86. The summed E-state index contributed by atoms with van der Waals surface area (Å²) < 4.78 is 17.9. The van der Waals surface area contributed by atoms with E-state index in [4.69, 9.17) is 14.2 Å². The summed E-state index contributed by atoms with van der Waals surface area (Å²) in [5, 5.41) is 28.0. The van der Waals surface area contributed by atoms with E-state index >= 15 is 0 Å². The van der Waals surface area contributed by atoms with Crippen molar-refractivity contribution in [1.29, 1.82) is 0 Å². The van der Waals surface area contributed by atoms with Crippen LogP contribution in [0.1, 0.15) is 68.7 Å². The molecule has 0 spiro atoms. The number of benzene rings is 5. The number of phenolic OH excluding ortho intramolecular Hbond substituents is 1. The second-order valence-electron chi connectivity index (χ2n) is 15.5. The standard InChI is InChI=1S/C48H48N4O8/c53-41-17-15-39(40-16-18-44(55)50-46(40)41)42(54)27-49-26-31-7-4-8-32(23-31)30-59-47(56)37-13-5-9-33(24-37)29-58-38-14-6-12-36(25-38)45(35-10-2-1-3-11-35)51-48(57)60-43-28-52-21-19-34(43)20-22-52/h1-18,23-25,34,42-43,45,49,53-54H,19-22,26-30H2,(H,50,55)(H,51,57)/t42-,43-,45?/m0/s1. The number of amides is 1. The van der Waals surface area contributed by atoms with Crippen LogP contribution < -0.4 is 20.9 Å². The summed E-state index contributed by atoms with van der Waals surface area (Å²) in [6, 6.07) is 37.8. The zero-order chi connectivity index (χ0) is 41.4. The van der Waals surface area contributed by atoms with Crippen LogP contribution in [-0.4, -0.2) is 64.4 Å². The molecule has 60 heavy (non-hydrogen) atoms. The Morgan fingerprint density at radius 3 is 2.35 bits per heavy atom. The van der Waals surface area contributed by atoms with E-state index in [0.29, 0.717) is 34.7 Å². The highest BCUT2D eigenvalue weighted by Crippen LogP contribution is 2.32. The first-order valence-electron chi connectivity index (χ1n) is 20.3. The SMILES string of the molecule is O=C(NC(c1ccccc1)c1cccc(OCc2cccc(C(=O)OCc3cccc(CNC[C@H](O)c4ccc(O)c5[nH]c(=O)ccc45)c3)c2)c1)O[C@H]1CN2CCC1CC2. The second kappa shape index (κ2) is 18.6. The molecule has 6 aromatic rings. The molecule has 308 valence electrons. The fourth-order valence-electron chi connectivity index (χ4n) is 8.15. The lowest BCUT2D eigenvalue weighted by molar-refractivity contribution is -0.0336. The molecule has 3 saturated heterocycles. The molecule has 4 heterocycles. The van der Waals surface area contributed by atoms with E-state index in [1.54, 1.807) is 30.3 Å². The molecule has 0 radical (unpaired) electrons. The van der Waals surface area contributed by atoms with E-state index in [-0.39, 0.29) is 42.7 Å². The van der Waals surface area contributed by atoms with Gasteiger partial charge in [-0.1, -0.05) is 84.9 Å². The first-order valence-corrected chi connectivity index (χ1v) is 20.3. The predicted octanol–water partition coefficient (Wildman–Crippen LogP) is 6.90. The Morgan fingerprint density at radius 1 is 0.800 bits per heavy atom. The Hall–Kier alpha value is -6.47. The van der Waals surface area contributed by atoms with Gasteiger partial charge in [0.05, 0.1) is 23.2 Å². The van der Waals surface area contributed by atoms with E-state index in [2.05, 4.69) is 20.5 Å². The molecular weight excluding hydrogens is 761 g/mol. The molecule has 12 nitrogen and oxygen atoms in total. The molecule has 3 aliphatic heterocycles. The lowest BCUT2D eigenvalue weighted by Crippen LogP contribution is -2.52. The average molecular weight is 809 g/mol. The zero-order valence-corrected chi connectivity index (χ0v) is 33.1. The van der Waals surface area contributed by atoms with Gasteiger partial charge in [-0.25, -0.2) is 9.59 Å². The van der Waals surface area contributed by atoms with Gasteiger partial charge in [0.25, 0.3) is 0 Å². The molecular formula is C48H48N4O8. The van der Waals surface area contributed by atoms with Crippen molar-refractivity contribution < 1.29 is 34.0 Å². The highest BCUT2D eigenvalue weighted by molar-refractivity contribution is 5.89. The number of fused-ring (bicyclic) bond motifs is 4. The number of aromatic nitrogens is 1. The number of nitrogens with zero attached hydrogens (tertiary/aromatic N) is 1. The number of phenols is 1. The predicted molar refractivity (Wildman–Crippen MR) is 227 cm³/mol. The Labute approximate surface area is 347 Å². The van der Waals surface area contributed by atoms with Crippen LogP contribution in [-0.2, 0) is 29.2 Å². The molecule has 3 aliphatic rings. The summed E-state index contributed by atoms with van der Waals surface area (Å²) in [5.74, 6) is 0.496. The Balaban J connectivity index is 0.839. The number of H-pyrrole nitrogens is 1. The number of aliphatic hydroxyl groups is 1. The fraction of sp³-hybridized carbons (Fsp3) is 0.271. The number of aromatic hydroxyl groups is 1. The number of piperidine rings is 3. The number of pyridine rings is 1. The average Bonchev–Trinajstić information content (AvgIpc) is 3.28. The van der Waals surface area contributed by atoms with Crippen molar-refractivity contribution in [3.8, 4) is 11.5 Å². The number of carbonyl (C=O) groups is 2. The molecule has 0 saturated carbocycles. The second-order valence-corrected chi connectivity index (χ2v) is 15.5. The Bertz CT molecular complexity index is 2500. The third-order valence-corrected chi connectivity index (χ3v) is 11.3. The van der Waals surface area contributed by atoms with Gasteiger partial charge >= 0.3 is 12.1 Å². The number of esters is 1. The number of alkyl carbamates (subject to hydrolysis) is 1. The van der Waals surface area contributed by atoms with Gasteiger partial charge in [0, 0.05) is 31.1 Å². The number of hydrogen-bond donors (Lipinski definition) is 5. The monoisotopic (exact) mass is 808 g/mol. The molecule has 1 amide bonds. The van der Waals surface area contributed by atoms with Crippen molar-refractivity contribution in [3.05, 3.63) is 177 Å². The summed E-state index contributed by atoms with van der Waals surface area (Å²) in [6.45, 7) is 3.89. The summed E-state index contributed by atoms with van der Waals surface area (Å²) >= 11 is 0. The molecule has 5 aromatic carbocycles. The number of nitrogens with one attached hydrogen (secondary N) is 3. The summed E-state index contributed by atoms with van der Waals surface area (Å²) in [6.07, 6.45) is 0.693. The van der Waals surface area contributed by atoms with Crippen molar-refractivity contribution >= 4 is 23.0 Å². The van der Waals surface area contributed by atoms with Gasteiger partial charge < -0.3 is 40.0 Å². The highest BCUT2D eigenvalue weighted by Gasteiger charge is 2.37. The zero-order valence-electron chi connectivity index (χ0n) is 33.1. The molecule has 2 bridgehead atoms. The van der Waals surface area contributed by atoms with Crippen molar-refractivity contribution in [3.63, 3.8) is 0 Å². The van der Waals surface area contributed by atoms with Crippen LogP contribution in [0.3, 0.4) is 0 Å². The van der Waals surface area contributed by atoms with Crippen molar-refractivity contribution in [2.45, 2.75) is 50.8 Å². The molecule has 9 rings (SSSR count). The number of rotatable bonds is 15. The van der Waals surface area contributed by atoms with Crippen LogP contribution >= 0.6 is 0 Å². The molecule has 3 fully saturated rings. The Kier molecular flexibility index (Phi) is 12.5. The van der Waals surface area contributed by atoms with Gasteiger partial charge in [-0.2, -0.15) is 0 Å². The number of hydrogen-bond acceptors (Lipinski definition) is 10. The lowest BCUT2D eigenvalue weighted by Gasteiger charge is -2.43. The quantitative estimate of drug-likeness (QED) is 0.0690. The van der Waals surface area contributed by atoms with Gasteiger partial charge in [-0.05, 0) is 102 Å². The third-order valence-electron chi connectivity index (χ3n) is 11.3. The molecule has 1 unspecified atom stereocenters. The maximum atomic E-state index is 13.3. The summed E-state index contributed by atoms with van der Waals surface area (Å²) in [5.41, 5.74) is 5.24. The van der Waals surface area contributed by atoms with E-state index < -0.39 is 24.2 Å². The van der Waals surface area contributed by atoms with Crippen molar-refractivity contribution in [2.75, 3.05) is 26.2 Å². The maximum Gasteiger partial charge on any atom is 0.408 e. The maximum absolute atomic E-state index is 13.3. The van der Waals surface area contributed by atoms with E-state index in [9.17, 15) is 24.6 Å². The van der Waals surface area contributed by atoms with Gasteiger partial charge in [0.2, 0.25) is 5.56 Å². The Morgan fingerprint density at radius 2 is 1.55 bits per heavy atom. The minimum absolute atomic E-state index is 0.0637. The van der Waals surface area contributed by atoms with Gasteiger partial charge in [-0.15, -0.1) is 0 Å². The molecule has 12 heteroatoms. The topological polar surface area (TPSA) is 162 Å². The van der Waals surface area contributed by atoms with E-state index in [1.807, 2.05) is 84.9 Å². The number of aromatic amines is 1. The first kappa shape index (κ1) is 40.3. The number of carbonyl (C=O) groups excluding carboxylic acids is 2. The van der Waals surface area contributed by atoms with Crippen molar-refractivity contribution in [2.24, 2.45) is 5.92 Å². The van der Waals surface area contributed by atoms with Crippen LogP contribution in [0.4, 0.5) is 4.79 Å². The van der Waals surface area contributed by atoms with Crippen LogP contribution in [0.25, 0.3) is 10.9 Å². The highest BCUT2D eigenvalue weighted by atomic mass is 16.6. The van der Waals surface area contributed by atoms with Crippen LogP contribution in [0.5, 0.6) is 11.5 Å². The molecule has 5 N–H and O–H groups in total. The van der Waals surface area contributed by atoms with Gasteiger partial charge in [0.15, 0.2) is 0 Å². The first-order chi connectivity index (χ1) is 29.3. The van der Waals surface area contributed by atoms with E-state index in [1.165, 1.54) is 12.1 Å². The third kappa shape index (κ3) is 9.86. The van der Waals surface area contributed by atoms with Gasteiger partial charge in [0.1, 0.15) is 30.8 Å². The fourth-order valence-corrected chi connectivity index (χ4v) is 8.15. The van der Waals surface area contributed by atoms with E-state index in [0.717, 1.165) is 60.3 Å². The van der Waals surface area contributed by atoms with Crippen LogP contribution in [0, 0.1) is 5.92 Å². The van der Waals surface area contributed by atoms with Gasteiger partial charge in [-0.3, -0.25) is 9.69 Å². The summed E-state index contributed by atoms with van der Waals surface area (Å²) in [7, 11) is 0. The minimum atomic E-state index is -0.888. The van der Waals surface area contributed by atoms with Crippen LogP contribution in [0.15, 0.2) is 132 Å². The smallest absolute Gasteiger partial charge is 0.408 e. The molecule has 3 atom stereocenters.